The van der Waals surface area contributed by atoms with Crippen LogP contribution in [0.4, 0.5) is 0 Å². The van der Waals surface area contributed by atoms with E-state index in [1.165, 1.54) is 0 Å². The Balaban J connectivity index is 3.29. The van der Waals surface area contributed by atoms with Crippen LogP contribution in [0.15, 0.2) is 23.5 Å². The smallest absolute Gasteiger partial charge is 0.115 e. The van der Waals surface area contributed by atoms with Gasteiger partial charge in [0, 0.05) is 5.41 Å². The number of aliphatic hydroxyl groups excluding tert-OH is 2. The van der Waals surface area contributed by atoms with Crippen LogP contribution in [0.25, 0.3) is 0 Å². The van der Waals surface area contributed by atoms with Crippen molar-refractivity contribution in [3.05, 3.63) is 23.5 Å². The minimum atomic E-state index is -0.276. The third kappa shape index (κ3) is 2.57. The van der Waals surface area contributed by atoms with E-state index in [0.717, 1.165) is 5.57 Å². The van der Waals surface area contributed by atoms with Crippen molar-refractivity contribution in [3.63, 3.8) is 0 Å². The summed E-state index contributed by atoms with van der Waals surface area (Å²) in [5.41, 5.74) is 0.525. The first kappa shape index (κ1) is 14.3. The van der Waals surface area contributed by atoms with Gasteiger partial charge in [-0.15, -0.1) is 0 Å². The molecule has 0 amide bonds. The Morgan fingerprint density at radius 2 is 1.71 bits per heavy atom. The van der Waals surface area contributed by atoms with Gasteiger partial charge in [0.1, 0.15) is 5.76 Å². The van der Waals surface area contributed by atoms with Gasteiger partial charge in [-0.3, -0.25) is 0 Å². The molecule has 0 saturated heterocycles. The van der Waals surface area contributed by atoms with Crippen LogP contribution in [0.1, 0.15) is 48.0 Å². The zero-order chi connectivity index (χ0) is 13.5. The first-order valence-electron chi connectivity index (χ1n) is 6.27. The van der Waals surface area contributed by atoms with Gasteiger partial charge in [0.25, 0.3) is 0 Å². The Kier molecular flexibility index (Phi) is 3.50. The second kappa shape index (κ2) is 4.16. The lowest BCUT2D eigenvalue weighted by molar-refractivity contribution is 0.0576. The second-order valence-electron chi connectivity index (χ2n) is 7.17. The van der Waals surface area contributed by atoms with E-state index >= 15 is 0 Å². The Labute approximate surface area is 105 Å². The predicted molar refractivity (Wildman–Crippen MR) is 71.8 cm³/mol. The summed E-state index contributed by atoms with van der Waals surface area (Å²) in [5, 5.41) is 19.8. The molecular weight excluding hydrogens is 212 g/mol. The van der Waals surface area contributed by atoms with Crippen molar-refractivity contribution in [2.45, 2.75) is 48.0 Å². The maximum Gasteiger partial charge on any atom is 0.115 e. The highest BCUT2D eigenvalue weighted by atomic mass is 16.3. The quantitative estimate of drug-likeness (QED) is 0.729. The molecule has 0 fully saturated rings. The standard InChI is InChI=1S/C15H26O2/c1-13(2,3)11-9-15(10-16,14(4,5)6)8-7-12(11)17/h7,9,16-17H,8,10H2,1-6H3. The first-order chi connectivity index (χ1) is 7.53. The van der Waals surface area contributed by atoms with Gasteiger partial charge in [-0.05, 0) is 28.9 Å². The van der Waals surface area contributed by atoms with Crippen molar-refractivity contribution < 1.29 is 10.2 Å². The van der Waals surface area contributed by atoms with Gasteiger partial charge in [0.15, 0.2) is 0 Å². The molecule has 1 aliphatic carbocycles. The molecule has 0 spiro atoms. The van der Waals surface area contributed by atoms with Crippen LogP contribution < -0.4 is 0 Å². The first-order valence-corrected chi connectivity index (χ1v) is 6.27. The summed E-state index contributed by atoms with van der Waals surface area (Å²) < 4.78 is 0. The summed E-state index contributed by atoms with van der Waals surface area (Å²) in [4.78, 5) is 0. The van der Waals surface area contributed by atoms with Crippen molar-refractivity contribution in [2.75, 3.05) is 6.61 Å². The Hall–Kier alpha value is -0.760. The third-order valence-corrected chi connectivity index (χ3v) is 3.94. The number of aliphatic hydroxyl groups is 2. The Bertz CT molecular complexity index is 350. The lowest BCUT2D eigenvalue weighted by Crippen LogP contribution is -2.39. The average molecular weight is 238 g/mol. The molecule has 0 heterocycles. The second-order valence-corrected chi connectivity index (χ2v) is 7.17. The maximum atomic E-state index is 10.0. The summed E-state index contributed by atoms with van der Waals surface area (Å²) in [6.45, 7) is 12.8. The molecule has 1 rings (SSSR count). The summed E-state index contributed by atoms with van der Waals surface area (Å²) >= 11 is 0. The monoisotopic (exact) mass is 238 g/mol. The molecule has 0 aromatic carbocycles. The van der Waals surface area contributed by atoms with E-state index in [0.29, 0.717) is 12.2 Å². The number of allylic oxidation sites excluding steroid dienone is 2. The van der Waals surface area contributed by atoms with Crippen molar-refractivity contribution >= 4 is 0 Å². The average Bonchev–Trinajstić information content (AvgIpc) is 2.15. The minimum absolute atomic E-state index is 0.0323. The molecule has 2 nitrogen and oxygen atoms in total. The Morgan fingerprint density at radius 3 is 2.06 bits per heavy atom. The summed E-state index contributed by atoms with van der Waals surface area (Å²) in [6, 6.07) is 0. The van der Waals surface area contributed by atoms with Gasteiger partial charge in [-0.25, -0.2) is 0 Å². The normalized spacial score (nSPS) is 26.5. The molecule has 2 N–H and O–H groups in total. The zero-order valence-corrected chi connectivity index (χ0v) is 12.0. The zero-order valence-electron chi connectivity index (χ0n) is 12.0. The van der Waals surface area contributed by atoms with E-state index in [1.807, 2.05) is 6.08 Å². The van der Waals surface area contributed by atoms with E-state index < -0.39 is 0 Å². The van der Waals surface area contributed by atoms with Crippen LogP contribution in [0.3, 0.4) is 0 Å². The lowest BCUT2D eigenvalue weighted by Gasteiger charge is -2.44. The fourth-order valence-corrected chi connectivity index (χ4v) is 2.27. The minimum Gasteiger partial charge on any atom is -0.508 e. The van der Waals surface area contributed by atoms with Crippen molar-refractivity contribution in [2.24, 2.45) is 16.2 Å². The van der Waals surface area contributed by atoms with Crippen molar-refractivity contribution in [3.8, 4) is 0 Å². The summed E-state index contributed by atoms with van der Waals surface area (Å²) in [5.74, 6) is 0.367. The molecule has 0 aromatic heterocycles. The fraction of sp³-hybridized carbons (Fsp3) is 0.733. The highest BCUT2D eigenvalue weighted by molar-refractivity contribution is 5.37. The van der Waals surface area contributed by atoms with Gasteiger partial charge >= 0.3 is 0 Å². The molecule has 0 aliphatic heterocycles. The van der Waals surface area contributed by atoms with E-state index in [2.05, 4.69) is 47.6 Å². The lowest BCUT2D eigenvalue weighted by atomic mass is 9.61. The topological polar surface area (TPSA) is 40.5 Å². The van der Waals surface area contributed by atoms with E-state index in [4.69, 9.17) is 0 Å². The summed E-state index contributed by atoms with van der Waals surface area (Å²) in [7, 11) is 0. The van der Waals surface area contributed by atoms with Crippen LogP contribution in [0.5, 0.6) is 0 Å². The van der Waals surface area contributed by atoms with Crippen LogP contribution in [0, 0.1) is 16.2 Å². The van der Waals surface area contributed by atoms with Gasteiger partial charge in [0.2, 0.25) is 0 Å². The third-order valence-electron chi connectivity index (χ3n) is 3.94. The number of hydrogen-bond donors (Lipinski definition) is 2. The van der Waals surface area contributed by atoms with Crippen LogP contribution >= 0.6 is 0 Å². The summed E-state index contributed by atoms with van der Waals surface area (Å²) in [6.07, 6.45) is 4.63. The number of hydrogen-bond acceptors (Lipinski definition) is 2. The molecule has 17 heavy (non-hydrogen) atoms. The van der Waals surface area contributed by atoms with Crippen LogP contribution in [-0.2, 0) is 0 Å². The molecule has 0 bridgehead atoms. The Morgan fingerprint density at radius 1 is 1.18 bits per heavy atom. The molecule has 0 radical (unpaired) electrons. The van der Waals surface area contributed by atoms with Crippen LogP contribution in [0.2, 0.25) is 0 Å². The highest BCUT2D eigenvalue weighted by Gasteiger charge is 2.42. The van der Waals surface area contributed by atoms with Gasteiger partial charge in [-0.2, -0.15) is 0 Å². The molecule has 0 saturated carbocycles. The molecule has 1 aliphatic rings. The van der Waals surface area contributed by atoms with E-state index in [1.54, 1.807) is 0 Å². The maximum absolute atomic E-state index is 10.0. The molecular formula is C15H26O2. The molecule has 1 atom stereocenters. The molecule has 1 unspecified atom stereocenters. The predicted octanol–water partition coefficient (Wildman–Crippen LogP) is 3.83. The van der Waals surface area contributed by atoms with Gasteiger partial charge < -0.3 is 10.2 Å². The number of rotatable bonds is 1. The highest BCUT2D eigenvalue weighted by Crippen LogP contribution is 2.49. The van der Waals surface area contributed by atoms with Gasteiger partial charge in [-0.1, -0.05) is 47.6 Å². The SMILES string of the molecule is CC(C)(C)C1=CC(CO)(C(C)(C)C)CC=C1O. The molecule has 98 valence electrons. The van der Waals surface area contributed by atoms with Gasteiger partial charge in [0.05, 0.1) is 6.61 Å². The fourth-order valence-electron chi connectivity index (χ4n) is 2.27. The largest absolute Gasteiger partial charge is 0.508 e. The van der Waals surface area contributed by atoms with E-state index in [-0.39, 0.29) is 22.9 Å². The molecule has 2 heteroatoms. The van der Waals surface area contributed by atoms with E-state index in [9.17, 15) is 10.2 Å². The van der Waals surface area contributed by atoms with Crippen LogP contribution in [-0.4, -0.2) is 16.8 Å². The van der Waals surface area contributed by atoms with Crippen molar-refractivity contribution in [1.82, 2.24) is 0 Å². The molecule has 0 aromatic rings. The van der Waals surface area contributed by atoms with Crippen molar-refractivity contribution in [1.29, 1.82) is 0 Å².